The molecule has 2 saturated heterocycles. The minimum Gasteiger partial charge on any atom is -0.368 e. The highest BCUT2D eigenvalue weighted by Gasteiger charge is 2.30. The van der Waals surface area contributed by atoms with Crippen LogP contribution in [0, 0.1) is 0 Å². The van der Waals surface area contributed by atoms with Gasteiger partial charge in [0.25, 0.3) is 5.91 Å². The summed E-state index contributed by atoms with van der Waals surface area (Å²) in [4.78, 5) is 16.6. The molecule has 2 aliphatic heterocycles. The summed E-state index contributed by atoms with van der Waals surface area (Å²) in [6.07, 6.45) is 2.57. The smallest absolute Gasteiger partial charge is 0.251 e. The molecular weight excluding hydrogens is 335 g/mol. The number of ether oxygens (including phenoxy) is 1. The lowest BCUT2D eigenvalue weighted by molar-refractivity contribution is -0.142. The fourth-order valence-corrected chi connectivity index (χ4v) is 3.67. The van der Waals surface area contributed by atoms with E-state index >= 15 is 0 Å². The van der Waals surface area contributed by atoms with Crippen molar-refractivity contribution in [2.45, 2.75) is 25.4 Å². The van der Waals surface area contributed by atoms with E-state index in [1.165, 1.54) is 0 Å². The van der Waals surface area contributed by atoms with Crippen molar-refractivity contribution in [2.75, 3.05) is 39.3 Å². The van der Waals surface area contributed by atoms with Crippen molar-refractivity contribution in [1.29, 1.82) is 0 Å². The van der Waals surface area contributed by atoms with Gasteiger partial charge >= 0.3 is 0 Å². The summed E-state index contributed by atoms with van der Waals surface area (Å²) in [7, 11) is 0. The normalized spacial score (nSPS) is 22.5. The Morgan fingerprint density at radius 1 is 1.22 bits per heavy atom. The molecule has 0 saturated carbocycles. The summed E-state index contributed by atoms with van der Waals surface area (Å²) in [5, 5.41) is 1.39. The molecule has 2 heterocycles. The maximum Gasteiger partial charge on any atom is 0.251 e. The molecule has 6 heteroatoms. The number of carbonyl (C=O) groups is 1. The number of nitrogens with zero attached hydrogens (tertiary/aromatic N) is 2. The average Bonchev–Trinajstić information content (AvgIpc) is 3.08. The molecule has 0 aromatic heterocycles. The van der Waals surface area contributed by atoms with Gasteiger partial charge in [-0.2, -0.15) is 0 Å². The number of hydrogen-bond donors (Lipinski definition) is 0. The van der Waals surface area contributed by atoms with Gasteiger partial charge in [-0.3, -0.25) is 9.69 Å². The van der Waals surface area contributed by atoms with Crippen LogP contribution in [0.1, 0.15) is 18.4 Å². The third kappa shape index (κ3) is 4.38. The molecular formula is C17H22Cl2N2O2. The number of benzene rings is 1. The van der Waals surface area contributed by atoms with Crippen LogP contribution in [-0.2, 0) is 16.0 Å². The Morgan fingerprint density at radius 3 is 2.65 bits per heavy atom. The molecule has 0 aliphatic carbocycles. The van der Waals surface area contributed by atoms with Crippen LogP contribution >= 0.6 is 23.2 Å². The van der Waals surface area contributed by atoms with Crippen LogP contribution in [0.15, 0.2) is 18.2 Å². The van der Waals surface area contributed by atoms with Crippen molar-refractivity contribution in [3.05, 3.63) is 33.8 Å². The first-order valence-electron chi connectivity index (χ1n) is 8.20. The van der Waals surface area contributed by atoms with E-state index in [9.17, 15) is 4.79 Å². The quantitative estimate of drug-likeness (QED) is 0.831. The van der Waals surface area contributed by atoms with Crippen LogP contribution in [0.4, 0.5) is 0 Å². The zero-order valence-electron chi connectivity index (χ0n) is 13.1. The predicted molar refractivity (Wildman–Crippen MR) is 92.2 cm³/mol. The summed E-state index contributed by atoms with van der Waals surface area (Å²) >= 11 is 12.1. The van der Waals surface area contributed by atoms with Gasteiger partial charge in [0, 0.05) is 49.4 Å². The Morgan fingerprint density at radius 2 is 2.00 bits per heavy atom. The Balaban J connectivity index is 1.44. The Bertz CT molecular complexity index is 554. The van der Waals surface area contributed by atoms with E-state index < -0.39 is 0 Å². The lowest BCUT2D eigenvalue weighted by Gasteiger charge is -2.35. The first kappa shape index (κ1) is 17.0. The topological polar surface area (TPSA) is 32.8 Å². The highest BCUT2D eigenvalue weighted by atomic mass is 35.5. The van der Waals surface area contributed by atoms with Crippen LogP contribution in [-0.4, -0.2) is 61.1 Å². The maximum absolute atomic E-state index is 12.3. The van der Waals surface area contributed by atoms with Crippen molar-refractivity contribution >= 4 is 29.1 Å². The first-order chi connectivity index (χ1) is 11.1. The fourth-order valence-electron chi connectivity index (χ4n) is 3.17. The summed E-state index contributed by atoms with van der Waals surface area (Å²) in [6, 6.07) is 5.65. The minimum absolute atomic E-state index is 0.169. The highest BCUT2D eigenvalue weighted by molar-refractivity contribution is 6.35. The van der Waals surface area contributed by atoms with E-state index in [-0.39, 0.29) is 12.0 Å². The van der Waals surface area contributed by atoms with Crippen molar-refractivity contribution < 1.29 is 9.53 Å². The van der Waals surface area contributed by atoms with Gasteiger partial charge in [-0.25, -0.2) is 0 Å². The van der Waals surface area contributed by atoms with Gasteiger partial charge in [0.2, 0.25) is 0 Å². The standard InChI is InChI=1S/C17H22Cl2N2O2/c18-14-4-3-13(15(19)12-14)5-6-20-7-9-21(10-8-20)17(22)16-2-1-11-23-16/h3-4,12,16H,1-2,5-11H2. The molecule has 0 bridgehead atoms. The molecule has 126 valence electrons. The lowest BCUT2D eigenvalue weighted by atomic mass is 10.1. The lowest BCUT2D eigenvalue weighted by Crippen LogP contribution is -2.51. The zero-order chi connectivity index (χ0) is 16.2. The minimum atomic E-state index is -0.200. The van der Waals surface area contributed by atoms with E-state index in [0.717, 1.165) is 69.2 Å². The second kappa shape index (κ2) is 7.84. The summed E-state index contributed by atoms with van der Waals surface area (Å²) in [5.74, 6) is 0.169. The third-order valence-electron chi connectivity index (χ3n) is 4.60. The summed E-state index contributed by atoms with van der Waals surface area (Å²) in [5.41, 5.74) is 1.12. The Labute approximate surface area is 147 Å². The van der Waals surface area contributed by atoms with Gasteiger partial charge in [-0.15, -0.1) is 0 Å². The molecule has 0 radical (unpaired) electrons. The SMILES string of the molecule is O=C(C1CCCO1)N1CCN(CCc2ccc(Cl)cc2Cl)CC1. The van der Waals surface area contributed by atoms with Crippen LogP contribution in [0.3, 0.4) is 0 Å². The molecule has 1 unspecified atom stereocenters. The molecule has 1 atom stereocenters. The Kier molecular flexibility index (Phi) is 5.81. The number of rotatable bonds is 4. The zero-order valence-corrected chi connectivity index (χ0v) is 14.7. The summed E-state index contributed by atoms with van der Waals surface area (Å²) in [6.45, 7) is 5.05. The molecule has 2 aliphatic rings. The number of piperazine rings is 1. The molecule has 1 aromatic rings. The molecule has 2 fully saturated rings. The maximum atomic E-state index is 12.3. The molecule has 23 heavy (non-hydrogen) atoms. The third-order valence-corrected chi connectivity index (χ3v) is 5.19. The second-order valence-electron chi connectivity index (χ2n) is 6.15. The molecule has 4 nitrogen and oxygen atoms in total. The van der Waals surface area contributed by atoms with Gasteiger partial charge in [0.05, 0.1) is 0 Å². The van der Waals surface area contributed by atoms with Gasteiger partial charge in [0.1, 0.15) is 6.10 Å². The van der Waals surface area contributed by atoms with Crippen LogP contribution in [0.2, 0.25) is 10.0 Å². The van der Waals surface area contributed by atoms with Gasteiger partial charge < -0.3 is 9.64 Å². The van der Waals surface area contributed by atoms with E-state index in [4.69, 9.17) is 27.9 Å². The highest BCUT2D eigenvalue weighted by Crippen LogP contribution is 2.22. The van der Waals surface area contributed by atoms with Crippen molar-refractivity contribution in [1.82, 2.24) is 9.80 Å². The second-order valence-corrected chi connectivity index (χ2v) is 7.00. The molecule has 1 aromatic carbocycles. The fraction of sp³-hybridized carbons (Fsp3) is 0.588. The number of hydrogen-bond acceptors (Lipinski definition) is 3. The van der Waals surface area contributed by atoms with E-state index in [1.807, 2.05) is 17.0 Å². The van der Waals surface area contributed by atoms with E-state index in [2.05, 4.69) is 4.90 Å². The van der Waals surface area contributed by atoms with Crippen LogP contribution in [0.25, 0.3) is 0 Å². The van der Waals surface area contributed by atoms with Crippen LogP contribution in [0.5, 0.6) is 0 Å². The number of halogens is 2. The average molecular weight is 357 g/mol. The molecule has 0 spiro atoms. The molecule has 3 rings (SSSR count). The number of carbonyl (C=O) groups excluding carboxylic acids is 1. The largest absolute Gasteiger partial charge is 0.368 e. The molecule has 0 N–H and O–H groups in total. The van der Waals surface area contributed by atoms with Gasteiger partial charge in [0.15, 0.2) is 0 Å². The number of amides is 1. The van der Waals surface area contributed by atoms with Gasteiger partial charge in [-0.05, 0) is 37.0 Å². The van der Waals surface area contributed by atoms with Crippen LogP contribution < -0.4 is 0 Å². The molecule has 1 amide bonds. The van der Waals surface area contributed by atoms with Crippen molar-refractivity contribution in [2.24, 2.45) is 0 Å². The summed E-state index contributed by atoms with van der Waals surface area (Å²) < 4.78 is 5.49. The van der Waals surface area contributed by atoms with E-state index in [0.29, 0.717) is 5.02 Å². The van der Waals surface area contributed by atoms with E-state index in [1.54, 1.807) is 6.07 Å². The Hall–Kier alpha value is -0.810. The van der Waals surface area contributed by atoms with Crippen molar-refractivity contribution in [3.63, 3.8) is 0 Å². The first-order valence-corrected chi connectivity index (χ1v) is 8.96. The van der Waals surface area contributed by atoms with Gasteiger partial charge in [-0.1, -0.05) is 29.3 Å². The van der Waals surface area contributed by atoms with Crippen molar-refractivity contribution in [3.8, 4) is 0 Å². The monoisotopic (exact) mass is 356 g/mol. The predicted octanol–water partition coefficient (Wildman–Crippen LogP) is 2.86.